The Bertz CT molecular complexity index is 1090. The molecule has 33 heavy (non-hydrogen) atoms. The number of nitrogens with one attached hydrogen (secondary N) is 1. The number of rotatable bonds is 7. The molecule has 0 spiro atoms. The summed E-state index contributed by atoms with van der Waals surface area (Å²) in [4.78, 5) is 28.4. The van der Waals surface area contributed by atoms with Gasteiger partial charge in [-0.2, -0.15) is 0 Å². The quantitative estimate of drug-likeness (QED) is 0.475. The molecule has 1 saturated carbocycles. The van der Waals surface area contributed by atoms with Crippen molar-refractivity contribution in [3.63, 3.8) is 0 Å². The molecule has 2 aliphatic rings. The predicted octanol–water partition coefficient (Wildman–Crippen LogP) is 5.64. The first-order chi connectivity index (χ1) is 16.1. The van der Waals surface area contributed by atoms with E-state index in [-0.39, 0.29) is 11.2 Å². The average Bonchev–Trinajstić information content (AvgIpc) is 3.28. The molecule has 6 nitrogen and oxygen atoms in total. The molecule has 0 radical (unpaired) electrons. The monoisotopic (exact) mass is 446 g/mol. The lowest BCUT2D eigenvalue weighted by molar-refractivity contribution is 0.0751. The highest BCUT2D eigenvalue weighted by Gasteiger charge is 2.36. The van der Waals surface area contributed by atoms with E-state index in [1.165, 1.54) is 38.8 Å². The lowest BCUT2D eigenvalue weighted by atomic mass is 9.71. The van der Waals surface area contributed by atoms with Gasteiger partial charge in [0.15, 0.2) is 11.4 Å². The van der Waals surface area contributed by atoms with E-state index >= 15 is 0 Å². The highest BCUT2D eigenvalue weighted by atomic mass is 16.5. The van der Waals surface area contributed by atoms with Crippen molar-refractivity contribution in [3.8, 4) is 17.0 Å². The summed E-state index contributed by atoms with van der Waals surface area (Å²) in [5.74, 6) is 1.06. The molecule has 1 saturated heterocycles. The molecule has 0 atom stereocenters. The Morgan fingerprint density at radius 3 is 2.55 bits per heavy atom. The summed E-state index contributed by atoms with van der Waals surface area (Å²) in [5, 5.41) is 0. The molecule has 2 fully saturated rings. The topological polar surface area (TPSA) is 71.1 Å². The number of ketones is 1. The third-order valence-corrected chi connectivity index (χ3v) is 7.41. The molecule has 3 aromatic rings. The number of benzene rings is 1. The van der Waals surface area contributed by atoms with E-state index in [9.17, 15) is 4.79 Å². The fourth-order valence-corrected chi connectivity index (χ4v) is 5.29. The Balaban J connectivity index is 1.29. The number of aromatic amines is 1. The van der Waals surface area contributed by atoms with Gasteiger partial charge in [0.05, 0.1) is 17.5 Å². The van der Waals surface area contributed by atoms with Crippen LogP contribution in [0.25, 0.3) is 22.4 Å². The van der Waals surface area contributed by atoms with Crippen molar-refractivity contribution in [2.24, 2.45) is 5.41 Å². The Hall–Kier alpha value is -2.73. The molecular weight excluding hydrogens is 412 g/mol. The van der Waals surface area contributed by atoms with Crippen molar-refractivity contribution in [1.82, 2.24) is 19.9 Å². The maximum atomic E-state index is 13.4. The Morgan fingerprint density at radius 1 is 1.06 bits per heavy atom. The van der Waals surface area contributed by atoms with Gasteiger partial charge >= 0.3 is 0 Å². The molecular formula is C27H34N4O2. The number of hydrogen-bond donors (Lipinski definition) is 1. The van der Waals surface area contributed by atoms with Crippen LogP contribution in [0.2, 0.25) is 0 Å². The van der Waals surface area contributed by atoms with E-state index < -0.39 is 0 Å². The first kappa shape index (κ1) is 22.1. The van der Waals surface area contributed by atoms with Gasteiger partial charge in [-0.25, -0.2) is 9.97 Å². The van der Waals surface area contributed by atoms with Crippen LogP contribution in [-0.2, 0) is 0 Å². The Kier molecular flexibility index (Phi) is 6.45. The smallest absolute Gasteiger partial charge is 0.172 e. The van der Waals surface area contributed by atoms with Gasteiger partial charge in [-0.1, -0.05) is 32.6 Å². The van der Waals surface area contributed by atoms with Crippen LogP contribution in [-0.4, -0.2) is 51.9 Å². The molecule has 0 amide bonds. The van der Waals surface area contributed by atoms with Crippen LogP contribution in [0.15, 0.2) is 36.7 Å². The van der Waals surface area contributed by atoms with E-state index in [0.717, 1.165) is 49.2 Å². The van der Waals surface area contributed by atoms with E-state index in [1.54, 1.807) is 12.4 Å². The van der Waals surface area contributed by atoms with Gasteiger partial charge in [0.2, 0.25) is 0 Å². The minimum Gasteiger partial charge on any atom is -0.492 e. The number of nitrogens with zero attached hydrogens (tertiary/aromatic N) is 3. The number of carbonyl (C=O) groups excluding carboxylic acids is 1. The van der Waals surface area contributed by atoms with Gasteiger partial charge in [0, 0.05) is 23.7 Å². The summed E-state index contributed by atoms with van der Waals surface area (Å²) >= 11 is 0. The van der Waals surface area contributed by atoms with Crippen LogP contribution in [0.1, 0.15) is 68.6 Å². The summed E-state index contributed by atoms with van der Waals surface area (Å²) < 4.78 is 5.96. The van der Waals surface area contributed by atoms with Crippen molar-refractivity contribution in [2.45, 2.75) is 58.3 Å². The van der Waals surface area contributed by atoms with Crippen molar-refractivity contribution < 1.29 is 9.53 Å². The number of H-pyrrole nitrogens is 1. The van der Waals surface area contributed by atoms with Crippen LogP contribution in [0, 0.1) is 5.41 Å². The number of aromatic nitrogens is 3. The molecule has 6 heteroatoms. The molecule has 3 heterocycles. The summed E-state index contributed by atoms with van der Waals surface area (Å²) in [5.41, 5.74) is 3.45. The van der Waals surface area contributed by atoms with Crippen LogP contribution in [0.5, 0.6) is 5.75 Å². The largest absolute Gasteiger partial charge is 0.492 e. The van der Waals surface area contributed by atoms with E-state index in [1.807, 2.05) is 24.3 Å². The average molecular weight is 447 g/mol. The molecule has 1 aliphatic carbocycles. The molecule has 1 aromatic carbocycles. The van der Waals surface area contributed by atoms with E-state index in [4.69, 9.17) is 9.72 Å². The van der Waals surface area contributed by atoms with Crippen molar-refractivity contribution in [2.75, 3.05) is 26.2 Å². The van der Waals surface area contributed by atoms with Gasteiger partial charge in [-0.05, 0) is 63.0 Å². The van der Waals surface area contributed by atoms with Crippen molar-refractivity contribution in [3.05, 3.63) is 42.2 Å². The highest BCUT2D eigenvalue weighted by molar-refractivity contribution is 6.08. The predicted molar refractivity (Wildman–Crippen MR) is 131 cm³/mol. The first-order valence-electron chi connectivity index (χ1n) is 12.5. The zero-order chi connectivity index (χ0) is 22.7. The number of carbonyl (C=O) groups is 1. The normalized spacial score (nSPS) is 18.9. The number of likely N-dealkylation sites (tertiary alicyclic amines) is 1. The minimum atomic E-state index is -0.293. The molecule has 1 N–H and O–H groups in total. The van der Waals surface area contributed by atoms with Gasteiger partial charge in [0.25, 0.3) is 0 Å². The summed E-state index contributed by atoms with van der Waals surface area (Å²) in [6.07, 6.45) is 12.9. The maximum absolute atomic E-state index is 13.4. The number of ether oxygens (including phenoxy) is 1. The van der Waals surface area contributed by atoms with Crippen molar-refractivity contribution >= 4 is 16.9 Å². The SMILES string of the molecule is CC1(C(=O)c2c[nH]c3ncc(-c4ccc(OCCN5CCCCC5)cc4)nc23)CCCCC1. The van der Waals surface area contributed by atoms with E-state index in [2.05, 4.69) is 21.8 Å². The minimum absolute atomic E-state index is 0.192. The van der Waals surface area contributed by atoms with Gasteiger partial charge in [-0.3, -0.25) is 9.69 Å². The van der Waals surface area contributed by atoms with Crippen LogP contribution in [0.4, 0.5) is 0 Å². The molecule has 174 valence electrons. The molecule has 5 rings (SSSR count). The van der Waals surface area contributed by atoms with Crippen LogP contribution < -0.4 is 4.74 Å². The van der Waals surface area contributed by atoms with Crippen LogP contribution in [0.3, 0.4) is 0 Å². The molecule has 1 aliphatic heterocycles. The lowest BCUT2D eigenvalue weighted by Crippen LogP contribution is -2.33. The zero-order valence-electron chi connectivity index (χ0n) is 19.6. The van der Waals surface area contributed by atoms with Crippen molar-refractivity contribution in [1.29, 1.82) is 0 Å². The molecule has 0 bridgehead atoms. The van der Waals surface area contributed by atoms with Gasteiger partial charge in [0.1, 0.15) is 17.9 Å². The summed E-state index contributed by atoms with van der Waals surface area (Å²) in [6, 6.07) is 8.01. The maximum Gasteiger partial charge on any atom is 0.172 e. The number of Topliss-reactive ketones (excluding diaryl/α,β-unsaturated/α-hetero) is 1. The summed E-state index contributed by atoms with van der Waals surface area (Å²) in [6.45, 7) is 6.17. The third kappa shape index (κ3) is 4.81. The fourth-order valence-electron chi connectivity index (χ4n) is 5.29. The number of hydrogen-bond acceptors (Lipinski definition) is 5. The number of fused-ring (bicyclic) bond motifs is 1. The Labute approximate surface area is 195 Å². The third-order valence-electron chi connectivity index (χ3n) is 7.41. The second kappa shape index (κ2) is 9.64. The van der Waals surface area contributed by atoms with Gasteiger partial charge < -0.3 is 9.72 Å². The fraction of sp³-hybridized carbons (Fsp3) is 0.519. The summed E-state index contributed by atoms with van der Waals surface area (Å²) in [7, 11) is 0. The standard InChI is InChI=1S/C27H34N4O2/c1-27(12-4-2-5-13-27)25(32)22-18-28-26-24(22)30-23(19-29-26)20-8-10-21(11-9-20)33-17-16-31-14-6-3-7-15-31/h8-11,18-19H,2-7,12-17H2,1H3,(H,28,29). The lowest BCUT2D eigenvalue weighted by Gasteiger charge is -2.31. The molecule has 2 aromatic heterocycles. The zero-order valence-corrected chi connectivity index (χ0v) is 19.6. The highest BCUT2D eigenvalue weighted by Crippen LogP contribution is 2.39. The second-order valence-electron chi connectivity index (χ2n) is 9.88. The van der Waals surface area contributed by atoms with Gasteiger partial charge in [-0.15, -0.1) is 0 Å². The molecule has 0 unspecified atom stereocenters. The van der Waals surface area contributed by atoms with E-state index in [0.29, 0.717) is 23.3 Å². The second-order valence-corrected chi connectivity index (χ2v) is 9.88. The van der Waals surface area contributed by atoms with Crippen LogP contribution >= 0.6 is 0 Å². The Morgan fingerprint density at radius 2 is 1.79 bits per heavy atom. The number of piperidine rings is 1. The first-order valence-corrected chi connectivity index (χ1v) is 12.5.